The SMILES string of the molecule is O=C(Cn1c(=O)oc2cc(Cl)ccc21)NC(=O)NCCC1=CCCCC1. The van der Waals surface area contributed by atoms with Crippen LogP contribution in [0.1, 0.15) is 32.1 Å². The van der Waals surface area contributed by atoms with E-state index in [0.717, 1.165) is 23.8 Å². The summed E-state index contributed by atoms with van der Waals surface area (Å²) in [5, 5.41) is 5.31. The van der Waals surface area contributed by atoms with Crippen LogP contribution in [0.25, 0.3) is 11.1 Å². The number of imide groups is 1. The highest BCUT2D eigenvalue weighted by Gasteiger charge is 2.15. The second kappa shape index (κ2) is 8.23. The van der Waals surface area contributed by atoms with Gasteiger partial charge in [0.05, 0.1) is 5.52 Å². The van der Waals surface area contributed by atoms with Crippen molar-refractivity contribution >= 4 is 34.6 Å². The number of carbonyl (C=O) groups excluding carboxylic acids is 2. The molecule has 1 aromatic heterocycles. The molecule has 0 saturated carbocycles. The van der Waals surface area contributed by atoms with Crippen molar-refractivity contribution in [3.63, 3.8) is 0 Å². The van der Waals surface area contributed by atoms with Gasteiger partial charge in [-0.3, -0.25) is 14.7 Å². The molecule has 7 nitrogen and oxygen atoms in total. The van der Waals surface area contributed by atoms with Gasteiger partial charge in [0.15, 0.2) is 5.58 Å². The molecule has 1 heterocycles. The molecule has 8 heteroatoms. The number of benzene rings is 1. The summed E-state index contributed by atoms with van der Waals surface area (Å²) in [6.07, 6.45) is 7.59. The maximum absolute atomic E-state index is 12.0. The fourth-order valence-electron chi connectivity index (χ4n) is 3.01. The molecule has 138 valence electrons. The fourth-order valence-corrected chi connectivity index (χ4v) is 3.17. The molecule has 1 aromatic carbocycles. The van der Waals surface area contributed by atoms with Gasteiger partial charge >= 0.3 is 11.8 Å². The van der Waals surface area contributed by atoms with E-state index in [4.69, 9.17) is 16.0 Å². The number of nitrogens with zero attached hydrogens (tertiary/aromatic N) is 1. The molecule has 0 spiro atoms. The number of amides is 3. The number of allylic oxidation sites excluding steroid dienone is 1. The van der Waals surface area contributed by atoms with Crippen LogP contribution in [0.4, 0.5) is 4.79 Å². The van der Waals surface area contributed by atoms with Crippen molar-refractivity contribution in [2.75, 3.05) is 6.54 Å². The number of fused-ring (bicyclic) bond motifs is 1. The van der Waals surface area contributed by atoms with E-state index in [2.05, 4.69) is 16.7 Å². The first kappa shape index (κ1) is 18.3. The third kappa shape index (κ3) is 4.54. The third-order valence-corrected chi connectivity index (χ3v) is 4.54. The van der Waals surface area contributed by atoms with Crippen molar-refractivity contribution in [2.24, 2.45) is 0 Å². The van der Waals surface area contributed by atoms with Gasteiger partial charge in [0.2, 0.25) is 5.91 Å². The minimum atomic E-state index is -0.679. The van der Waals surface area contributed by atoms with Crippen molar-refractivity contribution in [2.45, 2.75) is 38.6 Å². The van der Waals surface area contributed by atoms with Crippen LogP contribution in [0.15, 0.2) is 39.1 Å². The molecule has 0 bridgehead atoms. The monoisotopic (exact) mass is 377 g/mol. The van der Waals surface area contributed by atoms with Crippen LogP contribution in [-0.2, 0) is 11.3 Å². The van der Waals surface area contributed by atoms with Gasteiger partial charge < -0.3 is 9.73 Å². The average Bonchev–Trinajstić information content (AvgIpc) is 2.90. The Balaban J connectivity index is 1.52. The normalized spacial score (nSPS) is 14.1. The minimum Gasteiger partial charge on any atom is -0.408 e. The summed E-state index contributed by atoms with van der Waals surface area (Å²) < 4.78 is 6.21. The van der Waals surface area contributed by atoms with Crippen molar-refractivity contribution < 1.29 is 14.0 Å². The number of halogens is 1. The average molecular weight is 378 g/mol. The number of oxazole rings is 1. The summed E-state index contributed by atoms with van der Waals surface area (Å²) in [6.45, 7) is 0.157. The molecule has 0 atom stereocenters. The van der Waals surface area contributed by atoms with Crippen LogP contribution < -0.4 is 16.4 Å². The Morgan fingerprint density at radius 3 is 2.88 bits per heavy atom. The van der Waals surface area contributed by atoms with Gasteiger partial charge in [-0.25, -0.2) is 9.59 Å². The lowest BCUT2D eigenvalue weighted by Crippen LogP contribution is -2.42. The molecular formula is C18H20ClN3O4. The van der Waals surface area contributed by atoms with E-state index >= 15 is 0 Å². The maximum atomic E-state index is 12.0. The van der Waals surface area contributed by atoms with Crippen molar-refractivity contribution in [1.29, 1.82) is 0 Å². The van der Waals surface area contributed by atoms with Gasteiger partial charge in [0.1, 0.15) is 6.54 Å². The summed E-state index contributed by atoms with van der Waals surface area (Å²) in [7, 11) is 0. The Hall–Kier alpha value is -2.54. The predicted octanol–water partition coefficient (Wildman–Crippen LogP) is 2.96. The zero-order chi connectivity index (χ0) is 18.5. The summed E-state index contributed by atoms with van der Waals surface area (Å²) in [5.74, 6) is -1.28. The number of hydrogen-bond acceptors (Lipinski definition) is 4. The van der Waals surface area contributed by atoms with Crippen LogP contribution in [0, 0.1) is 0 Å². The van der Waals surface area contributed by atoms with Crippen LogP contribution in [0.3, 0.4) is 0 Å². The first-order valence-corrected chi connectivity index (χ1v) is 8.95. The molecule has 2 N–H and O–H groups in total. The second-order valence-corrected chi connectivity index (χ2v) is 6.66. The molecule has 0 aliphatic heterocycles. The largest absolute Gasteiger partial charge is 0.420 e. The number of rotatable bonds is 5. The molecular weight excluding hydrogens is 358 g/mol. The van der Waals surface area contributed by atoms with Gasteiger partial charge in [-0.2, -0.15) is 0 Å². The topological polar surface area (TPSA) is 93.3 Å². The van der Waals surface area contributed by atoms with E-state index in [1.165, 1.54) is 24.5 Å². The third-order valence-electron chi connectivity index (χ3n) is 4.30. The Morgan fingerprint density at radius 2 is 2.12 bits per heavy atom. The fraction of sp³-hybridized carbons (Fsp3) is 0.389. The molecule has 26 heavy (non-hydrogen) atoms. The summed E-state index contributed by atoms with van der Waals surface area (Å²) in [6, 6.07) is 4.11. The predicted molar refractivity (Wildman–Crippen MR) is 98.2 cm³/mol. The highest BCUT2D eigenvalue weighted by Crippen LogP contribution is 2.19. The van der Waals surface area contributed by atoms with E-state index in [-0.39, 0.29) is 6.54 Å². The highest BCUT2D eigenvalue weighted by atomic mass is 35.5. The highest BCUT2D eigenvalue weighted by molar-refractivity contribution is 6.31. The Morgan fingerprint density at radius 1 is 1.27 bits per heavy atom. The lowest BCUT2D eigenvalue weighted by molar-refractivity contribution is -0.120. The van der Waals surface area contributed by atoms with E-state index in [9.17, 15) is 14.4 Å². The summed E-state index contributed by atoms with van der Waals surface area (Å²) in [5.41, 5.74) is 2.08. The Bertz CT molecular complexity index is 913. The van der Waals surface area contributed by atoms with Crippen LogP contribution in [0.2, 0.25) is 5.02 Å². The molecule has 0 saturated heterocycles. The summed E-state index contributed by atoms with van der Waals surface area (Å²) in [4.78, 5) is 35.7. The molecule has 1 aliphatic rings. The van der Waals surface area contributed by atoms with E-state index in [0.29, 0.717) is 22.7 Å². The second-order valence-electron chi connectivity index (χ2n) is 6.23. The number of carbonyl (C=O) groups is 2. The van der Waals surface area contributed by atoms with E-state index in [1.807, 2.05) is 0 Å². The van der Waals surface area contributed by atoms with Crippen molar-refractivity contribution in [3.05, 3.63) is 45.4 Å². The zero-order valence-electron chi connectivity index (χ0n) is 14.2. The molecule has 2 aromatic rings. The Labute approximate surface area is 155 Å². The van der Waals surface area contributed by atoms with Gasteiger partial charge in [-0.05, 0) is 44.2 Å². The van der Waals surface area contributed by atoms with Gasteiger partial charge in [-0.15, -0.1) is 0 Å². The minimum absolute atomic E-state index is 0.292. The number of hydrogen-bond donors (Lipinski definition) is 2. The van der Waals surface area contributed by atoms with Crippen LogP contribution in [-0.4, -0.2) is 23.1 Å². The summed E-state index contributed by atoms with van der Waals surface area (Å²) >= 11 is 5.85. The zero-order valence-corrected chi connectivity index (χ0v) is 15.0. The van der Waals surface area contributed by atoms with Crippen molar-refractivity contribution in [3.8, 4) is 0 Å². The molecule has 3 rings (SSSR count). The van der Waals surface area contributed by atoms with Crippen LogP contribution >= 0.6 is 11.6 Å². The number of nitrogens with one attached hydrogen (secondary N) is 2. The van der Waals surface area contributed by atoms with Gasteiger partial charge in [0.25, 0.3) is 0 Å². The number of aromatic nitrogens is 1. The first-order chi connectivity index (χ1) is 12.5. The van der Waals surface area contributed by atoms with E-state index in [1.54, 1.807) is 12.1 Å². The van der Waals surface area contributed by atoms with Gasteiger partial charge in [0, 0.05) is 17.6 Å². The molecule has 0 fully saturated rings. The number of urea groups is 1. The molecule has 3 amide bonds. The smallest absolute Gasteiger partial charge is 0.408 e. The lowest BCUT2D eigenvalue weighted by atomic mass is 9.97. The quantitative estimate of drug-likeness (QED) is 0.783. The maximum Gasteiger partial charge on any atom is 0.420 e. The standard InChI is InChI=1S/C18H20ClN3O4/c19-13-6-7-14-15(10-13)26-18(25)22(14)11-16(23)21-17(24)20-9-8-12-4-2-1-3-5-12/h4,6-7,10H,1-3,5,8-9,11H2,(H2,20,21,23,24). The molecule has 1 aliphatic carbocycles. The Kier molecular flexibility index (Phi) is 5.78. The van der Waals surface area contributed by atoms with Gasteiger partial charge in [-0.1, -0.05) is 23.3 Å². The van der Waals surface area contributed by atoms with Crippen molar-refractivity contribution in [1.82, 2.24) is 15.2 Å². The van der Waals surface area contributed by atoms with Crippen LogP contribution in [0.5, 0.6) is 0 Å². The molecule has 0 unspecified atom stereocenters. The van der Waals surface area contributed by atoms with E-state index < -0.39 is 17.7 Å². The first-order valence-electron chi connectivity index (χ1n) is 8.57. The molecule has 0 radical (unpaired) electrons. The lowest BCUT2D eigenvalue weighted by Gasteiger charge is -2.13.